The van der Waals surface area contributed by atoms with Gasteiger partial charge in [0.15, 0.2) is 0 Å². The fourth-order valence-electron chi connectivity index (χ4n) is 0. The van der Waals surface area contributed by atoms with Gasteiger partial charge < -0.3 is 9.79 Å². The Balaban J connectivity index is 0. The SMILES string of the molecule is C#C.O=[P+]([O-])[O-]. The number of hydrogen-bond donors (Lipinski definition) is 0. The van der Waals surface area contributed by atoms with Crippen LogP contribution in [0.25, 0.3) is 0 Å². The largest absolute Gasteiger partial charge is 0.598 e. The second kappa shape index (κ2) is 8.82. The maximum Gasteiger partial charge on any atom is 0.276 e. The van der Waals surface area contributed by atoms with Crippen LogP contribution in [0, 0.1) is 12.8 Å². The first-order valence-corrected chi connectivity index (χ1v) is 1.98. The third-order valence-corrected chi connectivity index (χ3v) is 0. The molecule has 34 valence electrons. The highest BCUT2D eigenvalue weighted by Crippen LogP contribution is 1.79. The first-order valence-electron chi connectivity index (χ1n) is 0.881. The van der Waals surface area contributed by atoms with Gasteiger partial charge in [-0.1, -0.05) is 4.57 Å². The highest BCUT2D eigenvalue weighted by Gasteiger charge is 1.53. The molecule has 0 saturated heterocycles. The van der Waals surface area contributed by atoms with E-state index in [0.717, 1.165) is 0 Å². The van der Waals surface area contributed by atoms with E-state index in [1.165, 1.54) is 0 Å². The van der Waals surface area contributed by atoms with Crippen LogP contribution in [0.2, 0.25) is 0 Å². The minimum Gasteiger partial charge on any atom is -0.598 e. The predicted octanol–water partition coefficient (Wildman–Crippen LogP) is -1.39. The number of terminal acetylenes is 1. The summed E-state index contributed by atoms with van der Waals surface area (Å²) in [5, 5.41) is 0. The van der Waals surface area contributed by atoms with Gasteiger partial charge in [-0.3, -0.25) is 0 Å². The first-order chi connectivity index (χ1) is 2.73. The summed E-state index contributed by atoms with van der Waals surface area (Å²) in [6, 6.07) is 0. The molecule has 0 atom stereocenters. The molecule has 0 saturated carbocycles. The molecule has 6 heavy (non-hydrogen) atoms. The van der Waals surface area contributed by atoms with E-state index >= 15 is 0 Å². The Labute approximate surface area is 36.6 Å². The van der Waals surface area contributed by atoms with Crippen LogP contribution in [0.4, 0.5) is 0 Å². The molecule has 0 N–H and O–H groups in total. The second-order valence-electron chi connectivity index (χ2n) is 0.224. The van der Waals surface area contributed by atoms with Crippen LogP contribution in [0.3, 0.4) is 0 Å². The van der Waals surface area contributed by atoms with Gasteiger partial charge in [0, 0.05) is 0 Å². The molecule has 0 aliphatic rings. The molecule has 0 amide bonds. The molecule has 4 heteroatoms. The standard InChI is InChI=1S/C2H2.HO3P/c1-2;1-4(2)3/h1-2H;(H,1,2,3)/p-1. The zero-order chi connectivity index (χ0) is 5.58. The van der Waals surface area contributed by atoms with E-state index in [1.54, 1.807) is 0 Å². The summed E-state index contributed by atoms with van der Waals surface area (Å²) in [7, 11) is -3.37. The van der Waals surface area contributed by atoms with E-state index in [1.807, 2.05) is 0 Å². The Hall–Kier alpha value is -0.420. The van der Waals surface area contributed by atoms with E-state index in [9.17, 15) is 0 Å². The summed E-state index contributed by atoms with van der Waals surface area (Å²) < 4.78 is 8.48. The van der Waals surface area contributed by atoms with Gasteiger partial charge in [-0.2, -0.15) is 0 Å². The van der Waals surface area contributed by atoms with Crippen molar-refractivity contribution in [2.75, 3.05) is 0 Å². The summed E-state index contributed by atoms with van der Waals surface area (Å²) in [5.74, 6) is 0. The van der Waals surface area contributed by atoms with Crippen molar-refractivity contribution in [3.63, 3.8) is 0 Å². The van der Waals surface area contributed by atoms with Crippen LogP contribution in [0.15, 0.2) is 0 Å². The lowest BCUT2D eigenvalue weighted by atomic mass is 11.4. The predicted molar refractivity (Wildman–Crippen MR) is 17.5 cm³/mol. The minimum absolute atomic E-state index is 3.37. The smallest absolute Gasteiger partial charge is 0.276 e. The van der Waals surface area contributed by atoms with Gasteiger partial charge in [0.1, 0.15) is 0 Å². The maximum absolute atomic E-state index is 8.48. The zero-order valence-electron chi connectivity index (χ0n) is 2.83. The van der Waals surface area contributed by atoms with Crippen LogP contribution in [0.1, 0.15) is 0 Å². The van der Waals surface area contributed by atoms with Crippen molar-refractivity contribution in [1.29, 1.82) is 0 Å². The van der Waals surface area contributed by atoms with E-state index in [0.29, 0.717) is 0 Å². The molecule has 0 heterocycles. The Bertz CT molecular complexity index is 53.1. The lowest BCUT2D eigenvalue weighted by molar-refractivity contribution is -0.297. The molecule has 0 rings (SSSR count). The molecule has 0 fully saturated rings. The van der Waals surface area contributed by atoms with Gasteiger partial charge in [-0.15, -0.1) is 12.8 Å². The van der Waals surface area contributed by atoms with Crippen molar-refractivity contribution in [1.82, 2.24) is 0 Å². The van der Waals surface area contributed by atoms with Crippen LogP contribution in [0.5, 0.6) is 0 Å². The first kappa shape index (κ1) is 9.13. The van der Waals surface area contributed by atoms with Crippen molar-refractivity contribution in [3.05, 3.63) is 0 Å². The number of hydrogen-bond acceptors (Lipinski definition) is 3. The van der Waals surface area contributed by atoms with E-state index in [-0.39, 0.29) is 0 Å². The summed E-state index contributed by atoms with van der Waals surface area (Å²) in [5.41, 5.74) is 0. The van der Waals surface area contributed by atoms with Gasteiger partial charge in [-0.05, 0) is 0 Å². The lowest BCUT2D eigenvalue weighted by Gasteiger charge is -1.75. The normalized spacial score (nSPS) is 4.67. The Morgan fingerprint density at radius 2 is 1.33 bits per heavy atom. The average Bonchev–Trinajstić information content (AvgIpc) is 1.41. The molecule has 0 aliphatic carbocycles. The van der Waals surface area contributed by atoms with E-state index in [2.05, 4.69) is 12.8 Å². The fourth-order valence-corrected chi connectivity index (χ4v) is 0. The highest BCUT2D eigenvalue weighted by molar-refractivity contribution is 7.27. The maximum atomic E-state index is 8.48. The molecule has 0 spiro atoms. The Morgan fingerprint density at radius 1 is 1.33 bits per heavy atom. The van der Waals surface area contributed by atoms with Crippen molar-refractivity contribution >= 4 is 8.25 Å². The summed E-state index contributed by atoms with van der Waals surface area (Å²) in [6.07, 6.45) is 8.00. The van der Waals surface area contributed by atoms with Crippen molar-refractivity contribution in [3.8, 4) is 12.8 Å². The minimum atomic E-state index is -3.37. The quantitative estimate of drug-likeness (QED) is 0.281. The van der Waals surface area contributed by atoms with Crippen molar-refractivity contribution in [2.24, 2.45) is 0 Å². The second-order valence-corrected chi connectivity index (χ2v) is 0.671. The topological polar surface area (TPSA) is 63.2 Å². The molecule has 0 aromatic rings. The van der Waals surface area contributed by atoms with Crippen molar-refractivity contribution < 1.29 is 14.4 Å². The van der Waals surface area contributed by atoms with Gasteiger partial charge in [0.2, 0.25) is 0 Å². The van der Waals surface area contributed by atoms with Gasteiger partial charge >= 0.3 is 0 Å². The summed E-state index contributed by atoms with van der Waals surface area (Å²) in [6.45, 7) is 0. The van der Waals surface area contributed by atoms with Crippen molar-refractivity contribution in [2.45, 2.75) is 0 Å². The molecule has 0 aromatic heterocycles. The lowest BCUT2D eigenvalue weighted by Crippen LogP contribution is -1.97. The molecule has 0 aliphatic heterocycles. The molecule has 0 radical (unpaired) electrons. The third-order valence-electron chi connectivity index (χ3n) is 0. The van der Waals surface area contributed by atoms with E-state index in [4.69, 9.17) is 14.4 Å². The van der Waals surface area contributed by atoms with Gasteiger partial charge in [0.05, 0.1) is 0 Å². The van der Waals surface area contributed by atoms with Crippen LogP contribution >= 0.6 is 8.25 Å². The average molecular weight is 105 g/mol. The van der Waals surface area contributed by atoms with Crippen LogP contribution in [-0.2, 0) is 4.57 Å². The van der Waals surface area contributed by atoms with Gasteiger partial charge in [0.25, 0.3) is 8.25 Å². The Kier molecular flexibility index (Phi) is 13.4. The fraction of sp³-hybridized carbons (Fsp3) is 0. The molecular weight excluding hydrogens is 103 g/mol. The highest BCUT2D eigenvalue weighted by atomic mass is 31.1. The summed E-state index contributed by atoms with van der Waals surface area (Å²) in [4.78, 5) is 17.0. The van der Waals surface area contributed by atoms with Crippen LogP contribution < -0.4 is 9.79 Å². The van der Waals surface area contributed by atoms with Crippen LogP contribution in [-0.4, -0.2) is 0 Å². The Morgan fingerprint density at radius 3 is 1.33 bits per heavy atom. The number of rotatable bonds is 0. The van der Waals surface area contributed by atoms with Gasteiger partial charge in [-0.25, -0.2) is 0 Å². The molecular formula is C2H2O3P-. The monoisotopic (exact) mass is 105 g/mol. The third kappa shape index (κ3) is 135. The molecule has 0 bridgehead atoms. The summed E-state index contributed by atoms with van der Waals surface area (Å²) >= 11 is 0. The van der Waals surface area contributed by atoms with E-state index < -0.39 is 8.25 Å². The molecule has 3 nitrogen and oxygen atoms in total. The molecule has 0 aromatic carbocycles. The molecule has 0 unspecified atom stereocenters. The zero-order valence-corrected chi connectivity index (χ0v) is 3.72.